The Morgan fingerprint density at radius 1 is 1.14 bits per heavy atom. The molecule has 0 heterocycles. The summed E-state index contributed by atoms with van der Waals surface area (Å²) >= 11 is 0. The van der Waals surface area contributed by atoms with E-state index in [-0.39, 0.29) is 0 Å². The normalized spacial score (nSPS) is 9.29. The molecular weight excluding hydrogens is 172 g/mol. The molecular formula is C12H18N2. The quantitative estimate of drug-likeness (QED) is 0.714. The molecule has 0 aliphatic rings. The predicted octanol–water partition coefficient (Wildman–Crippen LogP) is 1.83. The molecule has 0 fully saturated rings. The van der Waals surface area contributed by atoms with Gasteiger partial charge in [0.1, 0.15) is 0 Å². The number of nitrogens with two attached hydrogens (primary N) is 2. The summed E-state index contributed by atoms with van der Waals surface area (Å²) < 4.78 is 0. The molecule has 1 aromatic rings. The SMILES string of the molecule is C=C/C=C/CN.NCc1ccccc1. The summed E-state index contributed by atoms with van der Waals surface area (Å²) in [5.74, 6) is 0. The molecule has 14 heavy (non-hydrogen) atoms. The Morgan fingerprint density at radius 2 is 1.79 bits per heavy atom. The minimum Gasteiger partial charge on any atom is -0.327 e. The van der Waals surface area contributed by atoms with Gasteiger partial charge in [-0.2, -0.15) is 0 Å². The molecule has 0 bridgehead atoms. The van der Waals surface area contributed by atoms with Crippen molar-refractivity contribution in [2.24, 2.45) is 11.5 Å². The first-order chi connectivity index (χ1) is 6.85. The molecule has 4 N–H and O–H groups in total. The summed E-state index contributed by atoms with van der Waals surface area (Å²) in [6, 6.07) is 9.99. The number of hydrogen-bond donors (Lipinski definition) is 2. The Labute approximate surface area is 85.9 Å². The highest BCUT2D eigenvalue weighted by molar-refractivity contribution is 5.13. The molecule has 1 aromatic carbocycles. The van der Waals surface area contributed by atoms with Crippen LogP contribution in [0, 0.1) is 0 Å². The highest BCUT2D eigenvalue weighted by atomic mass is 14.5. The fraction of sp³-hybridized carbons (Fsp3) is 0.167. The van der Waals surface area contributed by atoms with Crippen LogP contribution < -0.4 is 11.5 Å². The number of rotatable bonds is 3. The van der Waals surface area contributed by atoms with Gasteiger partial charge in [-0.15, -0.1) is 0 Å². The monoisotopic (exact) mass is 190 g/mol. The highest BCUT2D eigenvalue weighted by Gasteiger charge is 1.80. The van der Waals surface area contributed by atoms with E-state index >= 15 is 0 Å². The molecule has 0 aromatic heterocycles. The van der Waals surface area contributed by atoms with Gasteiger partial charge in [0, 0.05) is 13.1 Å². The Hall–Kier alpha value is -1.38. The van der Waals surface area contributed by atoms with Gasteiger partial charge >= 0.3 is 0 Å². The summed E-state index contributed by atoms with van der Waals surface area (Å²) in [5, 5.41) is 0. The summed E-state index contributed by atoms with van der Waals surface area (Å²) in [7, 11) is 0. The molecule has 2 heteroatoms. The summed E-state index contributed by atoms with van der Waals surface area (Å²) in [6.45, 7) is 4.70. The molecule has 0 aliphatic heterocycles. The molecule has 0 saturated carbocycles. The molecule has 0 radical (unpaired) electrons. The number of benzene rings is 1. The second-order valence-electron chi connectivity index (χ2n) is 2.59. The summed E-state index contributed by atoms with van der Waals surface area (Å²) in [6.07, 6.45) is 5.36. The maximum atomic E-state index is 5.35. The van der Waals surface area contributed by atoms with E-state index in [1.165, 1.54) is 5.56 Å². The van der Waals surface area contributed by atoms with Crippen molar-refractivity contribution >= 4 is 0 Å². The zero-order valence-corrected chi connectivity index (χ0v) is 8.39. The Bertz CT molecular complexity index is 252. The van der Waals surface area contributed by atoms with Crippen LogP contribution in [0.2, 0.25) is 0 Å². The fourth-order valence-electron chi connectivity index (χ4n) is 0.789. The molecule has 0 saturated heterocycles. The fourth-order valence-corrected chi connectivity index (χ4v) is 0.789. The summed E-state index contributed by atoms with van der Waals surface area (Å²) in [5.41, 5.74) is 11.6. The van der Waals surface area contributed by atoms with E-state index in [1.54, 1.807) is 6.08 Å². The van der Waals surface area contributed by atoms with E-state index in [0.29, 0.717) is 13.1 Å². The summed E-state index contributed by atoms with van der Waals surface area (Å²) in [4.78, 5) is 0. The highest BCUT2D eigenvalue weighted by Crippen LogP contribution is 1.94. The molecule has 0 aliphatic carbocycles. The van der Waals surface area contributed by atoms with E-state index in [1.807, 2.05) is 42.5 Å². The van der Waals surface area contributed by atoms with Crippen LogP contribution in [0.5, 0.6) is 0 Å². The van der Waals surface area contributed by atoms with Gasteiger partial charge in [-0.05, 0) is 5.56 Å². The largest absolute Gasteiger partial charge is 0.327 e. The number of allylic oxidation sites excluding steroid dienone is 2. The molecule has 2 nitrogen and oxygen atoms in total. The molecule has 0 amide bonds. The third-order valence-corrected chi connectivity index (χ3v) is 1.49. The van der Waals surface area contributed by atoms with Crippen molar-refractivity contribution in [2.45, 2.75) is 6.54 Å². The molecule has 1 rings (SSSR count). The second kappa shape index (κ2) is 9.71. The van der Waals surface area contributed by atoms with Crippen molar-refractivity contribution in [2.75, 3.05) is 6.54 Å². The lowest BCUT2D eigenvalue weighted by molar-refractivity contribution is 1.07. The molecule has 0 unspecified atom stereocenters. The Morgan fingerprint density at radius 3 is 2.07 bits per heavy atom. The predicted molar refractivity (Wildman–Crippen MR) is 62.7 cm³/mol. The average molecular weight is 190 g/mol. The molecule has 0 spiro atoms. The van der Waals surface area contributed by atoms with Gasteiger partial charge in [-0.1, -0.05) is 55.1 Å². The Balaban J connectivity index is 0.000000255. The third-order valence-electron chi connectivity index (χ3n) is 1.49. The Kier molecular flexibility index (Phi) is 8.75. The maximum absolute atomic E-state index is 5.35. The van der Waals surface area contributed by atoms with E-state index in [2.05, 4.69) is 6.58 Å². The minimum atomic E-state index is 0.603. The van der Waals surface area contributed by atoms with Crippen molar-refractivity contribution in [1.82, 2.24) is 0 Å². The maximum Gasteiger partial charge on any atom is 0.0178 e. The lowest BCUT2D eigenvalue weighted by Crippen LogP contribution is -1.94. The van der Waals surface area contributed by atoms with Crippen molar-refractivity contribution in [3.8, 4) is 0 Å². The van der Waals surface area contributed by atoms with Gasteiger partial charge in [0.15, 0.2) is 0 Å². The number of hydrogen-bond acceptors (Lipinski definition) is 2. The lowest BCUT2D eigenvalue weighted by Gasteiger charge is -1.90. The van der Waals surface area contributed by atoms with Gasteiger partial charge in [-0.25, -0.2) is 0 Å². The van der Waals surface area contributed by atoms with Crippen molar-refractivity contribution in [1.29, 1.82) is 0 Å². The van der Waals surface area contributed by atoms with Crippen LogP contribution in [0.4, 0.5) is 0 Å². The van der Waals surface area contributed by atoms with Gasteiger partial charge in [0.25, 0.3) is 0 Å². The van der Waals surface area contributed by atoms with Crippen LogP contribution in [0.3, 0.4) is 0 Å². The van der Waals surface area contributed by atoms with E-state index in [0.717, 1.165) is 0 Å². The van der Waals surface area contributed by atoms with Crippen molar-refractivity contribution in [3.63, 3.8) is 0 Å². The lowest BCUT2D eigenvalue weighted by atomic mass is 10.2. The molecule has 0 atom stereocenters. The first-order valence-corrected chi connectivity index (χ1v) is 4.56. The van der Waals surface area contributed by atoms with Crippen molar-refractivity contribution in [3.05, 3.63) is 60.7 Å². The van der Waals surface area contributed by atoms with Crippen LogP contribution in [-0.2, 0) is 6.54 Å². The third kappa shape index (κ3) is 7.28. The average Bonchev–Trinajstić information content (AvgIpc) is 2.28. The first-order valence-electron chi connectivity index (χ1n) is 4.56. The van der Waals surface area contributed by atoms with Crippen LogP contribution in [0.1, 0.15) is 5.56 Å². The van der Waals surface area contributed by atoms with Gasteiger partial charge < -0.3 is 11.5 Å². The van der Waals surface area contributed by atoms with Gasteiger partial charge in [0.2, 0.25) is 0 Å². The van der Waals surface area contributed by atoms with E-state index in [9.17, 15) is 0 Å². The van der Waals surface area contributed by atoms with Crippen molar-refractivity contribution < 1.29 is 0 Å². The van der Waals surface area contributed by atoms with Crippen LogP contribution >= 0.6 is 0 Å². The van der Waals surface area contributed by atoms with Gasteiger partial charge in [0.05, 0.1) is 0 Å². The van der Waals surface area contributed by atoms with E-state index in [4.69, 9.17) is 11.5 Å². The van der Waals surface area contributed by atoms with Crippen LogP contribution in [0.15, 0.2) is 55.1 Å². The second-order valence-corrected chi connectivity index (χ2v) is 2.59. The first kappa shape index (κ1) is 12.6. The van der Waals surface area contributed by atoms with Crippen LogP contribution in [0.25, 0.3) is 0 Å². The smallest absolute Gasteiger partial charge is 0.0178 e. The standard InChI is InChI=1S/C7H9N.C5H9N/c8-6-7-4-2-1-3-5-7;1-2-3-4-5-6/h1-5H,6,8H2;2-4H,1,5-6H2/b;4-3+. The molecule has 76 valence electrons. The van der Waals surface area contributed by atoms with E-state index < -0.39 is 0 Å². The van der Waals surface area contributed by atoms with Gasteiger partial charge in [-0.3, -0.25) is 0 Å². The zero-order chi connectivity index (χ0) is 10.6. The zero-order valence-electron chi connectivity index (χ0n) is 8.39. The topological polar surface area (TPSA) is 52.0 Å². The minimum absolute atomic E-state index is 0.603. The van der Waals surface area contributed by atoms with Crippen LogP contribution in [-0.4, -0.2) is 6.54 Å².